The van der Waals surface area contributed by atoms with E-state index in [2.05, 4.69) is 71.7 Å². The second-order valence-electron chi connectivity index (χ2n) is 16.6. The van der Waals surface area contributed by atoms with Gasteiger partial charge in [-0.2, -0.15) is 0 Å². The van der Waals surface area contributed by atoms with Crippen molar-refractivity contribution in [3.63, 3.8) is 0 Å². The molecule has 5 aromatic rings. The Balaban J connectivity index is 0.999. The highest BCUT2D eigenvalue weighted by Crippen LogP contribution is 2.50. The largest absolute Gasteiger partial charge is 0.382 e. The number of rotatable bonds is 10. The van der Waals surface area contributed by atoms with Crippen LogP contribution in [-0.4, -0.2) is 67.4 Å². The Morgan fingerprint density at radius 2 is 1.04 bits per heavy atom. The molecule has 2 unspecified atom stereocenters. The molecule has 6 aliphatic rings. The van der Waals surface area contributed by atoms with Crippen molar-refractivity contribution in [2.75, 3.05) is 26.2 Å². The van der Waals surface area contributed by atoms with E-state index in [9.17, 15) is 10.2 Å². The Morgan fingerprint density at radius 3 is 1.46 bits per heavy atom. The summed E-state index contributed by atoms with van der Waals surface area (Å²) in [4.78, 5) is 9.18. The molecule has 6 fully saturated rings. The maximum atomic E-state index is 12.2. The first-order valence-corrected chi connectivity index (χ1v) is 19.5. The van der Waals surface area contributed by atoms with Gasteiger partial charge in [0.25, 0.3) is 0 Å². The van der Waals surface area contributed by atoms with Crippen LogP contribution in [0.25, 0.3) is 21.8 Å². The van der Waals surface area contributed by atoms with Gasteiger partial charge in [-0.25, -0.2) is 0 Å². The van der Waals surface area contributed by atoms with E-state index in [1.807, 2.05) is 60.9 Å². The molecule has 6 saturated heterocycles. The minimum atomic E-state index is -0.558. The van der Waals surface area contributed by atoms with Gasteiger partial charge in [0.15, 0.2) is 0 Å². The average molecular weight is 693 g/mol. The number of aliphatic hydroxyl groups is 2. The van der Waals surface area contributed by atoms with E-state index in [0.29, 0.717) is 23.7 Å². The summed E-state index contributed by atoms with van der Waals surface area (Å²) in [5.74, 6) is 2.09. The highest BCUT2D eigenvalue weighted by molar-refractivity contribution is 5.83. The Morgan fingerprint density at radius 1 is 0.615 bits per heavy atom. The Kier molecular flexibility index (Phi) is 8.62. The van der Waals surface area contributed by atoms with Crippen molar-refractivity contribution in [1.29, 1.82) is 0 Å². The van der Waals surface area contributed by atoms with Gasteiger partial charge in [0.2, 0.25) is 0 Å². The number of nitrogens with zero attached hydrogens (tertiary/aromatic N) is 4. The van der Waals surface area contributed by atoms with Crippen molar-refractivity contribution in [3.05, 3.63) is 145 Å². The standard InChI is InChI=1S/C46H52N4O2/c1-3-33-29-49(23-19-35(33)25-43(49)45(51)39-17-21-47-41-11-7-5-9-37(39)41)27-31-13-15-32(16-14-31)28-50-24-20-36(34(4-2)30-50)26-44(50)46(52)40-18-22-48-42-12-8-6-10-38(40)42/h3-18,21-22,33-36,43-46,51-52H,1-2,19-20,23-30H2/q+2/t33-,34-,35-,36-,43-,44-,45+,46+,49?,50?/m0/s1. The zero-order valence-electron chi connectivity index (χ0n) is 30.2. The van der Waals surface area contributed by atoms with Gasteiger partial charge in [-0.05, 0) is 47.2 Å². The minimum Gasteiger partial charge on any atom is -0.382 e. The summed E-state index contributed by atoms with van der Waals surface area (Å²) < 4.78 is 1.78. The van der Waals surface area contributed by atoms with Crippen LogP contribution in [0.4, 0.5) is 0 Å². The van der Waals surface area contributed by atoms with Gasteiger partial charge in [-0.1, -0.05) is 72.8 Å². The summed E-state index contributed by atoms with van der Waals surface area (Å²) in [6.45, 7) is 14.5. The van der Waals surface area contributed by atoms with Crippen LogP contribution in [0, 0.1) is 23.7 Å². The van der Waals surface area contributed by atoms with Crippen LogP contribution in [-0.2, 0) is 13.1 Å². The van der Waals surface area contributed by atoms with Crippen LogP contribution in [0.2, 0.25) is 0 Å². The fraction of sp³-hybridized carbons (Fsp3) is 0.391. The highest BCUT2D eigenvalue weighted by Gasteiger charge is 2.55. The zero-order chi connectivity index (χ0) is 35.5. The number of hydrogen-bond donors (Lipinski definition) is 2. The first-order valence-electron chi connectivity index (χ1n) is 19.5. The van der Waals surface area contributed by atoms with Crippen molar-refractivity contribution in [3.8, 4) is 0 Å². The molecule has 6 nitrogen and oxygen atoms in total. The van der Waals surface area contributed by atoms with Crippen molar-refractivity contribution < 1.29 is 19.2 Å². The fourth-order valence-electron chi connectivity index (χ4n) is 11.4. The van der Waals surface area contributed by atoms with Crippen molar-refractivity contribution in [2.45, 2.75) is 63.1 Å². The van der Waals surface area contributed by atoms with Crippen molar-refractivity contribution in [1.82, 2.24) is 9.97 Å². The molecule has 8 heterocycles. The number of hydrogen-bond acceptors (Lipinski definition) is 4. The smallest absolute Gasteiger partial charge is 0.131 e. The molecule has 2 aromatic heterocycles. The van der Waals surface area contributed by atoms with Crippen LogP contribution in [0.1, 0.15) is 60.1 Å². The normalized spacial score (nSPS) is 32.1. The molecule has 6 heteroatoms. The fourth-order valence-corrected chi connectivity index (χ4v) is 11.4. The molecule has 0 spiro atoms. The molecule has 266 valence electrons. The molecule has 3 aromatic carbocycles. The van der Waals surface area contributed by atoms with Gasteiger partial charge in [0.1, 0.15) is 37.4 Å². The third-order valence-electron chi connectivity index (χ3n) is 14.1. The Bertz CT molecular complexity index is 1950. The molecular formula is C46H52N4O2+2. The highest BCUT2D eigenvalue weighted by atomic mass is 16.3. The predicted molar refractivity (Wildman–Crippen MR) is 208 cm³/mol. The molecule has 0 amide bonds. The molecule has 10 atom stereocenters. The maximum absolute atomic E-state index is 12.2. The SMILES string of the molecule is C=C[C@H]1C[N+]2(Cc3ccc(C[N+]45CC[C@@H](C[C@H]4[C@H](O)c4ccnc6ccccc46)[C@@H](C=C)C5)cc3)CC[C@H]1C[C@H]2[C@H](O)c1ccnc2ccccc12. The van der Waals surface area contributed by atoms with Gasteiger partial charge in [0.05, 0.1) is 37.2 Å². The van der Waals surface area contributed by atoms with Crippen molar-refractivity contribution >= 4 is 21.8 Å². The van der Waals surface area contributed by atoms with E-state index in [1.165, 1.54) is 24.0 Å². The summed E-state index contributed by atoms with van der Waals surface area (Å²) in [5, 5.41) is 26.5. The van der Waals surface area contributed by atoms with Crippen LogP contribution in [0.3, 0.4) is 0 Å². The number of quaternary nitrogens is 2. The predicted octanol–water partition coefficient (Wildman–Crippen LogP) is 8.07. The third-order valence-corrected chi connectivity index (χ3v) is 14.1. The first kappa shape index (κ1) is 33.6. The number of para-hydroxylation sites is 2. The topological polar surface area (TPSA) is 66.2 Å². The summed E-state index contributed by atoms with van der Waals surface area (Å²) in [6.07, 6.45) is 11.3. The molecule has 0 aliphatic carbocycles. The minimum absolute atomic E-state index is 0.121. The van der Waals surface area contributed by atoms with E-state index in [0.717, 1.165) is 94.0 Å². The van der Waals surface area contributed by atoms with Gasteiger partial charge in [-0.3, -0.25) is 9.97 Å². The Labute approximate surface area is 308 Å². The zero-order valence-corrected chi connectivity index (χ0v) is 30.2. The number of benzene rings is 3. The molecule has 52 heavy (non-hydrogen) atoms. The summed E-state index contributed by atoms with van der Waals surface area (Å²) >= 11 is 0. The van der Waals surface area contributed by atoms with E-state index in [1.54, 1.807) is 0 Å². The average Bonchev–Trinajstić information content (AvgIpc) is 3.20. The number of piperidine rings is 6. The number of aromatic nitrogens is 2. The second-order valence-corrected chi connectivity index (χ2v) is 16.6. The Hall–Kier alpha value is -4.20. The number of pyridine rings is 2. The summed E-state index contributed by atoms with van der Waals surface area (Å²) in [6, 6.07) is 30.1. The van der Waals surface area contributed by atoms with Crippen LogP contribution >= 0.6 is 0 Å². The lowest BCUT2D eigenvalue weighted by Crippen LogP contribution is -2.67. The van der Waals surface area contributed by atoms with E-state index in [4.69, 9.17) is 0 Å². The molecule has 11 rings (SSSR count). The van der Waals surface area contributed by atoms with Gasteiger partial charge >= 0.3 is 0 Å². The number of fused-ring (bicyclic) bond motifs is 8. The number of aliphatic hydroxyl groups excluding tert-OH is 2. The van der Waals surface area contributed by atoms with Crippen LogP contribution in [0.15, 0.2) is 123 Å². The van der Waals surface area contributed by atoms with E-state index in [-0.39, 0.29) is 12.1 Å². The first-order chi connectivity index (χ1) is 25.4. The quantitative estimate of drug-likeness (QED) is 0.115. The molecule has 6 aliphatic heterocycles. The molecule has 2 N–H and O–H groups in total. The summed E-state index contributed by atoms with van der Waals surface area (Å²) in [5.41, 5.74) is 6.52. The van der Waals surface area contributed by atoms with Gasteiger partial charge < -0.3 is 19.2 Å². The summed E-state index contributed by atoms with van der Waals surface area (Å²) in [7, 11) is 0. The monoisotopic (exact) mass is 692 g/mol. The van der Waals surface area contributed by atoms with Crippen molar-refractivity contribution in [2.24, 2.45) is 23.7 Å². The van der Waals surface area contributed by atoms with Crippen LogP contribution < -0.4 is 0 Å². The second kappa shape index (κ2) is 13.3. The van der Waals surface area contributed by atoms with Crippen LogP contribution in [0.5, 0.6) is 0 Å². The van der Waals surface area contributed by atoms with E-state index >= 15 is 0 Å². The van der Waals surface area contributed by atoms with Gasteiger partial charge in [0, 0.05) is 71.8 Å². The molecule has 0 saturated carbocycles. The lowest BCUT2D eigenvalue weighted by Gasteiger charge is -2.58. The maximum Gasteiger partial charge on any atom is 0.131 e. The van der Waals surface area contributed by atoms with E-state index < -0.39 is 12.2 Å². The molecule has 4 bridgehead atoms. The van der Waals surface area contributed by atoms with Gasteiger partial charge in [-0.15, -0.1) is 13.2 Å². The third kappa shape index (κ3) is 5.63. The lowest BCUT2D eigenvalue weighted by atomic mass is 9.71. The lowest BCUT2D eigenvalue weighted by molar-refractivity contribution is -0.985. The molecular weight excluding hydrogens is 641 g/mol. The molecule has 0 radical (unpaired) electrons.